The minimum absolute atomic E-state index is 0.271. The summed E-state index contributed by atoms with van der Waals surface area (Å²) in [5, 5.41) is 3.82. The van der Waals surface area contributed by atoms with Gasteiger partial charge in [-0.2, -0.15) is 4.98 Å². The molecule has 0 radical (unpaired) electrons. The monoisotopic (exact) mass is 256 g/mol. The number of esters is 1. The first-order valence-electron chi connectivity index (χ1n) is 6.10. The van der Waals surface area contributed by atoms with Gasteiger partial charge in [-0.1, -0.05) is 5.16 Å². The van der Waals surface area contributed by atoms with E-state index in [0.717, 1.165) is 0 Å². The van der Waals surface area contributed by atoms with E-state index in [4.69, 9.17) is 14.0 Å². The molecule has 1 heterocycles. The molecular formula is C12H20N2O4. The van der Waals surface area contributed by atoms with Gasteiger partial charge in [-0.05, 0) is 27.7 Å². The van der Waals surface area contributed by atoms with Crippen LogP contribution in [0.2, 0.25) is 0 Å². The predicted octanol–water partition coefficient (Wildman–Crippen LogP) is 1.49. The first-order valence-corrected chi connectivity index (χ1v) is 6.10. The Morgan fingerprint density at radius 1 is 1.33 bits per heavy atom. The summed E-state index contributed by atoms with van der Waals surface area (Å²) in [6.45, 7) is 8.60. The van der Waals surface area contributed by atoms with Crippen molar-refractivity contribution >= 4 is 5.97 Å². The largest absolute Gasteiger partial charge is 0.465 e. The molecule has 0 N–H and O–H groups in total. The Morgan fingerprint density at radius 2 is 2.06 bits per heavy atom. The lowest BCUT2D eigenvalue weighted by atomic mass is 9.94. The van der Waals surface area contributed by atoms with Gasteiger partial charge in [0, 0.05) is 13.0 Å². The standard InChI is InChI=1S/C12H20N2O4/c1-5-16-8-7-9-13-10(18-14-9)12(3,4)11(15)17-6-2/h5-8H2,1-4H3. The lowest BCUT2D eigenvalue weighted by molar-refractivity contribution is -0.149. The molecule has 18 heavy (non-hydrogen) atoms. The summed E-state index contributed by atoms with van der Waals surface area (Å²) in [4.78, 5) is 16.0. The molecule has 6 heteroatoms. The van der Waals surface area contributed by atoms with Gasteiger partial charge in [-0.25, -0.2) is 0 Å². The van der Waals surface area contributed by atoms with Gasteiger partial charge in [-0.15, -0.1) is 0 Å². The number of aromatic nitrogens is 2. The Morgan fingerprint density at radius 3 is 2.67 bits per heavy atom. The fourth-order valence-corrected chi connectivity index (χ4v) is 1.32. The van der Waals surface area contributed by atoms with Crippen molar-refractivity contribution in [2.24, 2.45) is 0 Å². The van der Waals surface area contributed by atoms with E-state index in [1.54, 1.807) is 20.8 Å². The highest BCUT2D eigenvalue weighted by Gasteiger charge is 2.37. The highest BCUT2D eigenvalue weighted by Crippen LogP contribution is 2.23. The fourth-order valence-electron chi connectivity index (χ4n) is 1.32. The molecule has 0 bridgehead atoms. The highest BCUT2D eigenvalue weighted by atomic mass is 16.5. The molecule has 102 valence electrons. The summed E-state index contributed by atoms with van der Waals surface area (Å²) in [6, 6.07) is 0. The molecule has 0 spiro atoms. The first-order chi connectivity index (χ1) is 8.52. The minimum atomic E-state index is -0.924. The van der Waals surface area contributed by atoms with E-state index in [1.807, 2.05) is 6.92 Å². The Labute approximate surface area is 107 Å². The van der Waals surface area contributed by atoms with Gasteiger partial charge in [0.1, 0.15) is 5.41 Å². The second-order valence-corrected chi connectivity index (χ2v) is 4.31. The van der Waals surface area contributed by atoms with Crippen molar-refractivity contribution in [3.63, 3.8) is 0 Å². The van der Waals surface area contributed by atoms with Gasteiger partial charge in [0.05, 0.1) is 13.2 Å². The maximum Gasteiger partial charge on any atom is 0.321 e. The fraction of sp³-hybridized carbons (Fsp3) is 0.750. The average molecular weight is 256 g/mol. The number of carbonyl (C=O) groups excluding carboxylic acids is 1. The van der Waals surface area contributed by atoms with Crippen molar-refractivity contribution in [2.45, 2.75) is 39.5 Å². The normalized spacial score (nSPS) is 11.6. The van der Waals surface area contributed by atoms with Crippen LogP contribution in [-0.4, -0.2) is 35.9 Å². The Bertz CT molecular complexity index is 387. The topological polar surface area (TPSA) is 74.5 Å². The third kappa shape index (κ3) is 3.53. The van der Waals surface area contributed by atoms with Crippen molar-refractivity contribution in [3.05, 3.63) is 11.7 Å². The number of hydrogen-bond acceptors (Lipinski definition) is 6. The van der Waals surface area contributed by atoms with Crippen LogP contribution in [0.25, 0.3) is 0 Å². The molecule has 0 fully saturated rings. The van der Waals surface area contributed by atoms with Crippen LogP contribution in [0, 0.1) is 0 Å². The number of nitrogens with zero attached hydrogens (tertiary/aromatic N) is 2. The Kier molecular flexibility index (Phi) is 5.27. The van der Waals surface area contributed by atoms with E-state index in [2.05, 4.69) is 10.1 Å². The predicted molar refractivity (Wildman–Crippen MR) is 64.2 cm³/mol. The molecule has 0 saturated heterocycles. The van der Waals surface area contributed by atoms with Crippen LogP contribution in [0.15, 0.2) is 4.52 Å². The highest BCUT2D eigenvalue weighted by molar-refractivity contribution is 5.80. The molecule has 1 rings (SSSR count). The molecule has 0 aliphatic carbocycles. The van der Waals surface area contributed by atoms with Crippen LogP contribution in [-0.2, 0) is 26.1 Å². The SMILES string of the molecule is CCOCCc1noc(C(C)(C)C(=O)OCC)n1. The second kappa shape index (κ2) is 6.49. The summed E-state index contributed by atoms with van der Waals surface area (Å²) in [5.41, 5.74) is -0.924. The summed E-state index contributed by atoms with van der Waals surface area (Å²) in [6.07, 6.45) is 0.566. The van der Waals surface area contributed by atoms with Crippen molar-refractivity contribution < 1.29 is 18.8 Å². The molecule has 6 nitrogen and oxygen atoms in total. The molecule has 0 amide bonds. The number of hydrogen-bond donors (Lipinski definition) is 0. The smallest absolute Gasteiger partial charge is 0.321 e. The zero-order valence-electron chi connectivity index (χ0n) is 11.4. The van der Waals surface area contributed by atoms with Gasteiger partial charge in [0.25, 0.3) is 0 Å². The summed E-state index contributed by atoms with van der Waals surface area (Å²) < 4.78 is 15.3. The van der Waals surface area contributed by atoms with Crippen molar-refractivity contribution in [1.82, 2.24) is 10.1 Å². The molecule has 1 aromatic heterocycles. The van der Waals surface area contributed by atoms with Crippen LogP contribution in [0.4, 0.5) is 0 Å². The van der Waals surface area contributed by atoms with E-state index in [9.17, 15) is 4.79 Å². The van der Waals surface area contributed by atoms with E-state index in [-0.39, 0.29) is 11.9 Å². The Balaban J connectivity index is 2.68. The van der Waals surface area contributed by atoms with Crippen LogP contribution in [0.5, 0.6) is 0 Å². The van der Waals surface area contributed by atoms with E-state index >= 15 is 0 Å². The quantitative estimate of drug-likeness (QED) is 0.543. The molecule has 0 saturated carbocycles. The summed E-state index contributed by atoms with van der Waals surface area (Å²) in [7, 11) is 0. The molecule has 0 aliphatic rings. The molecular weight excluding hydrogens is 236 g/mol. The van der Waals surface area contributed by atoms with Gasteiger partial charge >= 0.3 is 5.97 Å². The molecule has 0 aliphatic heterocycles. The van der Waals surface area contributed by atoms with E-state index in [1.165, 1.54) is 0 Å². The first kappa shape index (κ1) is 14.6. The molecule has 0 atom stereocenters. The number of carbonyl (C=O) groups is 1. The molecule has 0 aromatic carbocycles. The zero-order valence-corrected chi connectivity index (χ0v) is 11.4. The van der Waals surface area contributed by atoms with Gasteiger partial charge in [0.2, 0.25) is 5.89 Å². The van der Waals surface area contributed by atoms with Gasteiger partial charge in [0.15, 0.2) is 5.82 Å². The van der Waals surface area contributed by atoms with Crippen LogP contribution < -0.4 is 0 Å². The molecule has 0 unspecified atom stereocenters. The maximum atomic E-state index is 11.8. The zero-order chi connectivity index (χ0) is 13.6. The van der Waals surface area contributed by atoms with Gasteiger partial charge < -0.3 is 14.0 Å². The lowest BCUT2D eigenvalue weighted by Gasteiger charge is -2.16. The lowest BCUT2D eigenvalue weighted by Crippen LogP contribution is -2.31. The third-order valence-corrected chi connectivity index (χ3v) is 2.46. The maximum absolute atomic E-state index is 11.8. The van der Waals surface area contributed by atoms with Gasteiger partial charge in [-0.3, -0.25) is 4.79 Å². The minimum Gasteiger partial charge on any atom is -0.465 e. The third-order valence-electron chi connectivity index (χ3n) is 2.46. The van der Waals surface area contributed by atoms with Crippen molar-refractivity contribution in [3.8, 4) is 0 Å². The van der Waals surface area contributed by atoms with Crippen molar-refractivity contribution in [1.29, 1.82) is 0 Å². The number of ether oxygens (including phenoxy) is 2. The summed E-state index contributed by atoms with van der Waals surface area (Å²) >= 11 is 0. The van der Waals surface area contributed by atoms with E-state index < -0.39 is 5.41 Å². The molecule has 1 aromatic rings. The van der Waals surface area contributed by atoms with Crippen LogP contribution in [0.3, 0.4) is 0 Å². The summed E-state index contributed by atoms with van der Waals surface area (Å²) in [5.74, 6) is 0.438. The Hall–Kier alpha value is -1.43. The average Bonchev–Trinajstić information content (AvgIpc) is 2.79. The number of rotatable bonds is 7. The second-order valence-electron chi connectivity index (χ2n) is 4.31. The van der Waals surface area contributed by atoms with E-state index in [0.29, 0.717) is 32.1 Å². The van der Waals surface area contributed by atoms with Crippen LogP contribution >= 0.6 is 0 Å². The van der Waals surface area contributed by atoms with Crippen LogP contribution in [0.1, 0.15) is 39.4 Å². The van der Waals surface area contributed by atoms with Crippen molar-refractivity contribution in [2.75, 3.05) is 19.8 Å².